The first-order chi connectivity index (χ1) is 12.1. The fraction of sp³-hybridized carbons (Fsp3) is 0.474. The van der Waals surface area contributed by atoms with Gasteiger partial charge in [0.15, 0.2) is 0 Å². The molecule has 25 heavy (non-hydrogen) atoms. The fourth-order valence-electron chi connectivity index (χ4n) is 2.60. The van der Waals surface area contributed by atoms with E-state index in [1.54, 1.807) is 17.4 Å². The van der Waals surface area contributed by atoms with E-state index in [1.807, 2.05) is 28.5 Å². The van der Waals surface area contributed by atoms with Crippen molar-refractivity contribution >= 4 is 28.8 Å². The van der Waals surface area contributed by atoms with Crippen molar-refractivity contribution in [2.24, 2.45) is 5.92 Å². The van der Waals surface area contributed by atoms with Gasteiger partial charge < -0.3 is 9.64 Å². The normalized spacial score (nSPS) is 15.0. The third-order valence-corrected chi connectivity index (χ3v) is 5.53. The van der Waals surface area contributed by atoms with Crippen molar-refractivity contribution in [2.45, 2.75) is 52.3 Å². The number of rotatable bonds is 8. The summed E-state index contributed by atoms with van der Waals surface area (Å²) in [5.41, 5.74) is 0.934. The zero-order valence-corrected chi connectivity index (χ0v) is 16.1. The Bertz CT molecular complexity index is 730. The summed E-state index contributed by atoms with van der Waals surface area (Å²) in [5, 5.41) is 3.57. The minimum Gasteiger partial charge on any atom is -0.486 e. The lowest BCUT2D eigenvalue weighted by molar-refractivity contribution is -0.135. The molecule has 1 aliphatic carbocycles. The van der Waals surface area contributed by atoms with E-state index in [0.717, 1.165) is 35.7 Å². The van der Waals surface area contributed by atoms with Gasteiger partial charge in [0.2, 0.25) is 5.91 Å². The van der Waals surface area contributed by atoms with Crippen LogP contribution in [0.2, 0.25) is 5.02 Å². The highest BCUT2D eigenvalue weighted by atomic mass is 35.5. The Kier molecular flexibility index (Phi) is 5.97. The molecular formula is C19H23ClN2O2S. The van der Waals surface area contributed by atoms with Gasteiger partial charge in [-0.3, -0.25) is 4.79 Å². The molecule has 0 unspecified atom stereocenters. The first-order valence-electron chi connectivity index (χ1n) is 8.69. The van der Waals surface area contributed by atoms with Crippen molar-refractivity contribution in [1.29, 1.82) is 0 Å². The zero-order chi connectivity index (χ0) is 17.8. The van der Waals surface area contributed by atoms with E-state index in [2.05, 4.69) is 18.8 Å². The van der Waals surface area contributed by atoms with Crippen LogP contribution < -0.4 is 4.74 Å². The fourth-order valence-corrected chi connectivity index (χ4v) is 3.48. The minimum absolute atomic E-state index is 0.235. The lowest BCUT2D eigenvalue weighted by Crippen LogP contribution is -2.38. The van der Waals surface area contributed by atoms with E-state index < -0.39 is 0 Å². The maximum Gasteiger partial charge on any atom is 0.226 e. The molecule has 1 fully saturated rings. The van der Waals surface area contributed by atoms with Crippen LogP contribution in [-0.4, -0.2) is 21.8 Å². The molecule has 4 nitrogen and oxygen atoms in total. The first kappa shape index (κ1) is 18.2. The Morgan fingerprint density at radius 3 is 2.96 bits per heavy atom. The highest BCUT2D eigenvalue weighted by Crippen LogP contribution is 2.32. The predicted octanol–water partition coefficient (Wildman–Crippen LogP) is 4.91. The summed E-state index contributed by atoms with van der Waals surface area (Å²) in [6, 6.07) is 7.57. The average molecular weight is 379 g/mol. The average Bonchev–Trinajstić information content (AvgIpc) is 3.37. The molecular weight excluding hydrogens is 356 g/mol. The van der Waals surface area contributed by atoms with E-state index in [1.165, 1.54) is 0 Å². The number of nitrogens with zero attached hydrogens (tertiary/aromatic N) is 2. The Labute approximate surface area is 157 Å². The Morgan fingerprint density at radius 2 is 2.28 bits per heavy atom. The summed E-state index contributed by atoms with van der Waals surface area (Å²) < 4.78 is 5.74. The largest absolute Gasteiger partial charge is 0.486 e. The van der Waals surface area contributed by atoms with Gasteiger partial charge in [-0.25, -0.2) is 4.98 Å². The molecule has 1 atom stereocenters. The van der Waals surface area contributed by atoms with Gasteiger partial charge in [-0.1, -0.05) is 24.6 Å². The van der Waals surface area contributed by atoms with Gasteiger partial charge in [0, 0.05) is 22.4 Å². The number of hydrogen-bond donors (Lipinski definition) is 0. The molecule has 1 amide bonds. The molecule has 0 N–H and O–H groups in total. The zero-order valence-electron chi connectivity index (χ0n) is 14.6. The van der Waals surface area contributed by atoms with Crippen LogP contribution in [0.4, 0.5) is 0 Å². The van der Waals surface area contributed by atoms with Gasteiger partial charge in [-0.15, -0.1) is 11.3 Å². The maximum absolute atomic E-state index is 12.5. The molecule has 0 bridgehead atoms. The summed E-state index contributed by atoms with van der Waals surface area (Å²) in [5.74, 6) is 1.24. The van der Waals surface area contributed by atoms with Gasteiger partial charge in [-0.05, 0) is 44.4 Å². The van der Waals surface area contributed by atoms with Crippen molar-refractivity contribution in [3.8, 4) is 5.75 Å². The topological polar surface area (TPSA) is 42.4 Å². The first-order valence-corrected chi connectivity index (χ1v) is 9.94. The van der Waals surface area contributed by atoms with Crippen LogP contribution in [0.5, 0.6) is 5.75 Å². The molecule has 1 saturated carbocycles. The molecule has 6 heteroatoms. The van der Waals surface area contributed by atoms with Gasteiger partial charge >= 0.3 is 0 Å². The van der Waals surface area contributed by atoms with Crippen molar-refractivity contribution in [1.82, 2.24) is 9.88 Å². The quantitative estimate of drug-likeness (QED) is 0.655. The van der Waals surface area contributed by atoms with Crippen LogP contribution in [0.3, 0.4) is 0 Å². The number of thiazole rings is 1. The number of ether oxygens (including phenoxy) is 1. The van der Waals surface area contributed by atoms with Crippen LogP contribution >= 0.6 is 22.9 Å². The lowest BCUT2D eigenvalue weighted by Gasteiger charge is -2.28. The summed E-state index contributed by atoms with van der Waals surface area (Å²) in [4.78, 5) is 19.1. The third kappa shape index (κ3) is 4.95. The van der Waals surface area contributed by atoms with Gasteiger partial charge in [0.1, 0.15) is 17.4 Å². The monoisotopic (exact) mass is 378 g/mol. The second kappa shape index (κ2) is 8.19. The number of aromatic nitrogens is 1. The molecule has 1 heterocycles. The molecule has 134 valence electrons. The minimum atomic E-state index is 0.235. The summed E-state index contributed by atoms with van der Waals surface area (Å²) >= 11 is 7.52. The Morgan fingerprint density at radius 1 is 1.48 bits per heavy atom. The molecule has 0 spiro atoms. The van der Waals surface area contributed by atoms with Crippen LogP contribution in [0, 0.1) is 5.92 Å². The van der Waals surface area contributed by atoms with E-state index in [4.69, 9.17) is 16.3 Å². The van der Waals surface area contributed by atoms with Crippen molar-refractivity contribution in [3.05, 3.63) is 45.4 Å². The Balaban J connectivity index is 1.60. The molecule has 3 rings (SSSR count). The third-order valence-electron chi connectivity index (χ3n) is 4.42. The predicted molar refractivity (Wildman–Crippen MR) is 101 cm³/mol. The van der Waals surface area contributed by atoms with E-state index in [-0.39, 0.29) is 17.9 Å². The van der Waals surface area contributed by atoms with E-state index >= 15 is 0 Å². The second-order valence-electron chi connectivity index (χ2n) is 6.48. The van der Waals surface area contributed by atoms with Crippen molar-refractivity contribution in [2.75, 3.05) is 0 Å². The number of amides is 1. The molecule has 0 aliphatic heterocycles. The van der Waals surface area contributed by atoms with Gasteiger partial charge in [0.05, 0.1) is 12.2 Å². The number of halogens is 1. The molecule has 1 aromatic heterocycles. The molecule has 2 aromatic rings. The summed E-state index contributed by atoms with van der Waals surface area (Å²) in [7, 11) is 0. The maximum atomic E-state index is 12.5. The second-order valence-corrected chi connectivity index (χ2v) is 7.86. The molecule has 0 radical (unpaired) electrons. The summed E-state index contributed by atoms with van der Waals surface area (Å²) in [6.07, 6.45) is 3.01. The summed E-state index contributed by atoms with van der Waals surface area (Å²) in [6.45, 7) is 5.21. The van der Waals surface area contributed by atoms with E-state index in [0.29, 0.717) is 18.2 Å². The number of benzene rings is 1. The van der Waals surface area contributed by atoms with Crippen LogP contribution in [0.15, 0.2) is 29.6 Å². The smallest absolute Gasteiger partial charge is 0.226 e. The lowest BCUT2D eigenvalue weighted by atomic mass is 10.2. The van der Waals surface area contributed by atoms with Crippen molar-refractivity contribution in [3.63, 3.8) is 0 Å². The number of carbonyl (C=O) groups excluding carboxylic acids is 1. The molecule has 1 aliphatic rings. The van der Waals surface area contributed by atoms with Gasteiger partial charge in [0.25, 0.3) is 0 Å². The van der Waals surface area contributed by atoms with Crippen molar-refractivity contribution < 1.29 is 9.53 Å². The van der Waals surface area contributed by atoms with Crippen LogP contribution in [0.1, 0.15) is 43.8 Å². The highest BCUT2D eigenvalue weighted by Gasteiger charge is 2.35. The van der Waals surface area contributed by atoms with E-state index in [9.17, 15) is 4.79 Å². The molecule has 1 aromatic carbocycles. The number of hydrogen-bond acceptors (Lipinski definition) is 4. The highest BCUT2D eigenvalue weighted by molar-refractivity contribution is 7.09. The standard InChI is InChI=1S/C19H23ClN2O2S/c1-3-13(2)22(19(23)14-7-8-14)10-16-12-25-18(21-16)11-24-17-6-4-5-15(20)9-17/h4-6,9,12-14H,3,7-8,10-11H2,1-2H3/t13-/m1/s1. The van der Waals surface area contributed by atoms with Gasteiger partial charge in [-0.2, -0.15) is 0 Å². The van der Waals surface area contributed by atoms with Crippen LogP contribution in [0.25, 0.3) is 0 Å². The SMILES string of the molecule is CC[C@@H](C)N(Cc1csc(COc2cccc(Cl)c2)n1)C(=O)C1CC1. The van der Waals surface area contributed by atoms with Crippen LogP contribution in [-0.2, 0) is 17.9 Å². The Hall–Kier alpha value is -1.59. The number of carbonyl (C=O) groups is 1. The molecule has 0 saturated heterocycles.